The molecular weight excluding hydrogens is 358 g/mol. The first-order valence-corrected chi connectivity index (χ1v) is 8.94. The van der Waals surface area contributed by atoms with E-state index in [4.69, 9.17) is 4.74 Å². The van der Waals surface area contributed by atoms with Crippen molar-refractivity contribution in [2.24, 2.45) is 0 Å². The van der Waals surface area contributed by atoms with Crippen LogP contribution in [-0.4, -0.2) is 45.0 Å². The first-order valence-electron chi connectivity index (χ1n) is 8.94. The zero-order chi connectivity index (χ0) is 20.7. The first kappa shape index (κ1) is 21.0. The first-order chi connectivity index (χ1) is 13.3. The molecule has 28 heavy (non-hydrogen) atoms. The molecule has 2 aromatic carbocycles. The van der Waals surface area contributed by atoms with Crippen molar-refractivity contribution in [1.29, 1.82) is 0 Å². The molecule has 0 aliphatic rings. The predicted octanol–water partition coefficient (Wildman–Crippen LogP) is 2.92. The molecule has 0 radical (unpaired) electrons. The van der Waals surface area contributed by atoms with Crippen LogP contribution in [0.4, 0.5) is 17.1 Å². The molecule has 0 heterocycles. The Hall–Kier alpha value is -3.35. The molecule has 0 atom stereocenters. The van der Waals surface area contributed by atoms with Crippen LogP contribution in [0.3, 0.4) is 0 Å². The van der Waals surface area contributed by atoms with Gasteiger partial charge in [-0.25, -0.2) is 4.79 Å². The maximum atomic E-state index is 12.4. The zero-order valence-electron chi connectivity index (χ0n) is 16.6. The summed E-state index contributed by atoms with van der Waals surface area (Å²) in [5.74, 6) is -0.981. The number of benzene rings is 2. The van der Waals surface area contributed by atoms with Crippen molar-refractivity contribution in [3.8, 4) is 0 Å². The van der Waals surface area contributed by atoms with Crippen LogP contribution in [0.25, 0.3) is 0 Å². The maximum absolute atomic E-state index is 12.4. The Morgan fingerprint density at radius 3 is 2.00 bits per heavy atom. The monoisotopic (exact) mass is 383 g/mol. The van der Waals surface area contributed by atoms with Gasteiger partial charge >= 0.3 is 5.97 Å². The molecule has 0 unspecified atom stereocenters. The van der Waals surface area contributed by atoms with Gasteiger partial charge in [0.1, 0.15) is 6.54 Å². The number of hydrogen-bond donors (Lipinski definition) is 1. The van der Waals surface area contributed by atoms with E-state index in [1.54, 1.807) is 43.3 Å². The largest absolute Gasteiger partial charge is 0.462 e. The third-order valence-electron chi connectivity index (χ3n) is 4.04. The Balaban J connectivity index is 2.04. The van der Waals surface area contributed by atoms with Gasteiger partial charge in [0.25, 0.3) is 0 Å². The van der Waals surface area contributed by atoms with Crippen molar-refractivity contribution < 1.29 is 19.1 Å². The van der Waals surface area contributed by atoms with Gasteiger partial charge in [0.2, 0.25) is 11.8 Å². The van der Waals surface area contributed by atoms with E-state index in [1.807, 2.05) is 31.1 Å². The fourth-order valence-electron chi connectivity index (χ4n) is 2.56. The molecule has 7 heteroatoms. The van der Waals surface area contributed by atoms with Gasteiger partial charge in [0.15, 0.2) is 0 Å². The second-order valence-corrected chi connectivity index (χ2v) is 6.36. The third-order valence-corrected chi connectivity index (χ3v) is 4.04. The minimum absolute atomic E-state index is 0.115. The smallest absolute Gasteiger partial charge is 0.338 e. The Labute approximate surface area is 164 Å². The van der Waals surface area contributed by atoms with Crippen LogP contribution >= 0.6 is 0 Å². The Kier molecular flexibility index (Phi) is 7.14. The summed E-state index contributed by atoms with van der Waals surface area (Å²) in [7, 11) is 3.86. The highest BCUT2D eigenvalue weighted by Gasteiger charge is 2.16. The number of esters is 1. The van der Waals surface area contributed by atoms with Gasteiger partial charge in [0, 0.05) is 38.1 Å². The summed E-state index contributed by atoms with van der Waals surface area (Å²) < 4.78 is 4.93. The van der Waals surface area contributed by atoms with Crippen LogP contribution in [0.15, 0.2) is 48.5 Å². The SMILES string of the molecule is CCOC(=O)c1ccc(NC(=O)CN(C(C)=O)c2ccc(N(C)C)cc2)cc1. The lowest BCUT2D eigenvalue weighted by molar-refractivity contribution is -0.120. The van der Waals surface area contributed by atoms with Crippen molar-refractivity contribution in [2.45, 2.75) is 13.8 Å². The molecule has 0 fully saturated rings. The average molecular weight is 383 g/mol. The van der Waals surface area contributed by atoms with E-state index in [0.29, 0.717) is 23.5 Å². The topological polar surface area (TPSA) is 79.0 Å². The van der Waals surface area contributed by atoms with Crippen molar-refractivity contribution in [1.82, 2.24) is 0 Å². The summed E-state index contributed by atoms with van der Waals surface area (Å²) in [6.07, 6.45) is 0. The minimum atomic E-state index is -0.413. The number of amides is 2. The van der Waals surface area contributed by atoms with Crippen LogP contribution < -0.4 is 15.1 Å². The van der Waals surface area contributed by atoms with E-state index in [0.717, 1.165) is 5.69 Å². The second-order valence-electron chi connectivity index (χ2n) is 6.36. The number of carbonyl (C=O) groups is 3. The number of hydrogen-bond acceptors (Lipinski definition) is 5. The summed E-state index contributed by atoms with van der Waals surface area (Å²) in [5.41, 5.74) is 2.58. The summed E-state index contributed by atoms with van der Waals surface area (Å²) in [5, 5.41) is 2.73. The summed E-state index contributed by atoms with van der Waals surface area (Å²) in [6.45, 7) is 3.34. The quantitative estimate of drug-likeness (QED) is 0.744. The molecule has 0 aliphatic heterocycles. The minimum Gasteiger partial charge on any atom is -0.462 e. The molecule has 2 amide bonds. The molecule has 148 valence electrons. The van der Waals surface area contributed by atoms with Crippen molar-refractivity contribution in [3.63, 3.8) is 0 Å². The number of ether oxygens (including phenoxy) is 1. The van der Waals surface area contributed by atoms with Gasteiger partial charge < -0.3 is 19.9 Å². The maximum Gasteiger partial charge on any atom is 0.338 e. The van der Waals surface area contributed by atoms with Gasteiger partial charge in [-0.1, -0.05) is 0 Å². The van der Waals surface area contributed by atoms with Crippen molar-refractivity contribution in [3.05, 3.63) is 54.1 Å². The molecule has 0 saturated carbocycles. The molecule has 1 N–H and O–H groups in total. The lowest BCUT2D eigenvalue weighted by Gasteiger charge is -2.22. The van der Waals surface area contributed by atoms with E-state index < -0.39 is 5.97 Å². The normalized spacial score (nSPS) is 10.1. The number of carbonyl (C=O) groups excluding carboxylic acids is 3. The highest BCUT2D eigenvalue weighted by molar-refractivity contribution is 6.02. The zero-order valence-corrected chi connectivity index (χ0v) is 16.6. The molecule has 2 aromatic rings. The number of anilines is 3. The number of nitrogens with one attached hydrogen (secondary N) is 1. The standard InChI is InChI=1S/C21H25N3O4/c1-5-28-21(27)16-6-8-17(9-7-16)22-20(26)14-24(15(2)25)19-12-10-18(11-13-19)23(3)4/h6-13H,5,14H2,1-4H3,(H,22,26). The lowest BCUT2D eigenvalue weighted by Crippen LogP contribution is -2.36. The van der Waals surface area contributed by atoms with Crippen molar-refractivity contribution >= 4 is 34.8 Å². The summed E-state index contributed by atoms with van der Waals surface area (Å²) in [6, 6.07) is 13.8. The van der Waals surface area contributed by atoms with Crippen LogP contribution in [-0.2, 0) is 14.3 Å². The fraction of sp³-hybridized carbons (Fsp3) is 0.286. The highest BCUT2D eigenvalue weighted by Crippen LogP contribution is 2.20. The molecule has 0 saturated heterocycles. The van der Waals surface area contributed by atoms with E-state index in [9.17, 15) is 14.4 Å². The molecule has 2 rings (SSSR count). The van der Waals surface area contributed by atoms with E-state index in [2.05, 4.69) is 5.32 Å². The van der Waals surface area contributed by atoms with Gasteiger partial charge in [-0.05, 0) is 55.5 Å². The van der Waals surface area contributed by atoms with Crippen LogP contribution in [0, 0.1) is 0 Å². The summed E-state index contributed by atoms with van der Waals surface area (Å²) in [4.78, 5) is 39.4. The van der Waals surface area contributed by atoms with E-state index in [1.165, 1.54) is 11.8 Å². The molecule has 0 bridgehead atoms. The molecular formula is C21H25N3O4. The predicted molar refractivity (Wildman–Crippen MR) is 110 cm³/mol. The Morgan fingerprint density at radius 2 is 1.50 bits per heavy atom. The van der Waals surface area contributed by atoms with Gasteiger partial charge in [0.05, 0.1) is 12.2 Å². The average Bonchev–Trinajstić information content (AvgIpc) is 2.66. The lowest BCUT2D eigenvalue weighted by atomic mass is 10.2. The molecule has 7 nitrogen and oxygen atoms in total. The number of nitrogens with zero attached hydrogens (tertiary/aromatic N) is 2. The highest BCUT2D eigenvalue weighted by atomic mass is 16.5. The summed E-state index contributed by atoms with van der Waals surface area (Å²) >= 11 is 0. The number of rotatable bonds is 7. The van der Waals surface area contributed by atoms with Crippen molar-refractivity contribution in [2.75, 3.05) is 42.4 Å². The van der Waals surface area contributed by atoms with Gasteiger partial charge in [-0.2, -0.15) is 0 Å². The van der Waals surface area contributed by atoms with E-state index >= 15 is 0 Å². The molecule has 0 spiro atoms. The fourth-order valence-corrected chi connectivity index (χ4v) is 2.56. The van der Waals surface area contributed by atoms with Crippen LogP contribution in [0.5, 0.6) is 0 Å². The van der Waals surface area contributed by atoms with Gasteiger partial charge in [-0.3, -0.25) is 9.59 Å². The van der Waals surface area contributed by atoms with Crippen LogP contribution in [0.2, 0.25) is 0 Å². The Bertz CT molecular complexity index is 830. The van der Waals surface area contributed by atoms with E-state index in [-0.39, 0.29) is 18.4 Å². The third kappa shape index (κ3) is 5.57. The Morgan fingerprint density at radius 1 is 0.929 bits per heavy atom. The van der Waals surface area contributed by atoms with Gasteiger partial charge in [-0.15, -0.1) is 0 Å². The molecule has 0 aromatic heterocycles. The van der Waals surface area contributed by atoms with Crippen LogP contribution in [0.1, 0.15) is 24.2 Å². The second kappa shape index (κ2) is 9.55. The molecule has 0 aliphatic carbocycles.